The molecule has 0 aliphatic heterocycles. The molecule has 0 aliphatic rings. The normalized spacial score (nSPS) is 15.2. The first-order valence-corrected chi connectivity index (χ1v) is 7.37. The number of nitrogens with one attached hydrogen (secondary N) is 1. The summed E-state index contributed by atoms with van der Waals surface area (Å²) in [5.41, 5.74) is -0.0237. The lowest BCUT2D eigenvalue weighted by Gasteiger charge is -2.29. The lowest BCUT2D eigenvalue weighted by Crippen LogP contribution is -2.48. The quantitative estimate of drug-likeness (QED) is 0.858. The van der Waals surface area contributed by atoms with Crippen molar-refractivity contribution in [1.29, 1.82) is 0 Å². The Labute approximate surface area is 129 Å². The zero-order valence-electron chi connectivity index (χ0n) is 13.1. The van der Waals surface area contributed by atoms with Gasteiger partial charge in [-0.05, 0) is 32.4 Å². The monoisotopic (exact) mass is 303 g/mol. The third-order valence-electron chi connectivity index (χ3n) is 4.01. The summed E-state index contributed by atoms with van der Waals surface area (Å²) in [6.07, 6.45) is 0.431. The fourth-order valence-corrected chi connectivity index (χ4v) is 2.34. The van der Waals surface area contributed by atoms with Crippen molar-refractivity contribution < 1.29 is 19.1 Å². The second-order valence-electron chi connectivity index (χ2n) is 5.88. The highest BCUT2D eigenvalue weighted by molar-refractivity contribution is 5.86. The Morgan fingerprint density at radius 2 is 2.05 bits per heavy atom. The first-order valence-electron chi connectivity index (χ1n) is 7.37. The Bertz CT molecular complexity index is 658. The lowest BCUT2D eigenvalue weighted by molar-refractivity contribution is -0.139. The SMILES string of the molecule is CC[C@](C)(CC(=O)O)NC(=O)[C@H](C)c1cc2ccccc2o1. The minimum absolute atomic E-state index is 0.109. The van der Waals surface area contributed by atoms with Crippen LogP contribution in [-0.2, 0) is 9.59 Å². The van der Waals surface area contributed by atoms with E-state index in [1.807, 2.05) is 37.3 Å². The van der Waals surface area contributed by atoms with Crippen LogP contribution in [0.3, 0.4) is 0 Å². The van der Waals surface area contributed by atoms with Crippen LogP contribution in [0.2, 0.25) is 0 Å². The summed E-state index contributed by atoms with van der Waals surface area (Å²) < 4.78 is 5.70. The van der Waals surface area contributed by atoms with E-state index in [9.17, 15) is 9.59 Å². The molecule has 0 bridgehead atoms. The van der Waals surface area contributed by atoms with Gasteiger partial charge in [0.1, 0.15) is 11.3 Å². The van der Waals surface area contributed by atoms with Crippen LogP contribution in [0.1, 0.15) is 45.3 Å². The fourth-order valence-electron chi connectivity index (χ4n) is 2.34. The fraction of sp³-hybridized carbons (Fsp3) is 0.412. The Morgan fingerprint density at radius 1 is 1.36 bits per heavy atom. The van der Waals surface area contributed by atoms with Gasteiger partial charge in [0.15, 0.2) is 0 Å². The highest BCUT2D eigenvalue weighted by atomic mass is 16.4. The molecule has 0 aliphatic carbocycles. The first kappa shape index (κ1) is 16.1. The summed E-state index contributed by atoms with van der Waals surface area (Å²) in [6.45, 7) is 5.35. The molecular weight excluding hydrogens is 282 g/mol. The van der Waals surface area contributed by atoms with Crippen LogP contribution >= 0.6 is 0 Å². The number of para-hydroxylation sites is 1. The molecule has 0 saturated carbocycles. The van der Waals surface area contributed by atoms with Gasteiger partial charge in [-0.2, -0.15) is 0 Å². The average molecular weight is 303 g/mol. The summed E-state index contributed by atoms with van der Waals surface area (Å²) in [6, 6.07) is 9.41. The molecule has 2 atom stereocenters. The van der Waals surface area contributed by atoms with E-state index in [4.69, 9.17) is 9.52 Å². The van der Waals surface area contributed by atoms with Gasteiger partial charge >= 0.3 is 5.97 Å². The van der Waals surface area contributed by atoms with E-state index in [1.165, 1.54) is 0 Å². The van der Waals surface area contributed by atoms with E-state index in [0.29, 0.717) is 12.2 Å². The van der Waals surface area contributed by atoms with E-state index >= 15 is 0 Å². The number of aliphatic carboxylic acids is 1. The van der Waals surface area contributed by atoms with Gasteiger partial charge < -0.3 is 14.8 Å². The van der Waals surface area contributed by atoms with Crippen LogP contribution in [-0.4, -0.2) is 22.5 Å². The topological polar surface area (TPSA) is 79.5 Å². The maximum atomic E-state index is 12.4. The third kappa shape index (κ3) is 3.47. The number of carbonyl (C=O) groups excluding carboxylic acids is 1. The van der Waals surface area contributed by atoms with Crippen molar-refractivity contribution in [2.75, 3.05) is 0 Å². The number of benzene rings is 1. The molecule has 5 nitrogen and oxygen atoms in total. The Balaban J connectivity index is 2.15. The van der Waals surface area contributed by atoms with Gasteiger partial charge in [-0.25, -0.2) is 0 Å². The van der Waals surface area contributed by atoms with Crippen molar-refractivity contribution in [3.63, 3.8) is 0 Å². The number of hydrogen-bond donors (Lipinski definition) is 2. The van der Waals surface area contributed by atoms with Crippen molar-refractivity contribution in [2.45, 2.75) is 45.1 Å². The van der Waals surface area contributed by atoms with Crippen molar-refractivity contribution in [1.82, 2.24) is 5.32 Å². The molecule has 1 amide bonds. The van der Waals surface area contributed by atoms with Gasteiger partial charge in [-0.1, -0.05) is 25.1 Å². The third-order valence-corrected chi connectivity index (χ3v) is 4.01. The number of furan rings is 1. The van der Waals surface area contributed by atoms with Crippen molar-refractivity contribution >= 4 is 22.8 Å². The van der Waals surface area contributed by atoms with E-state index in [-0.39, 0.29) is 12.3 Å². The molecule has 1 aromatic carbocycles. The van der Waals surface area contributed by atoms with E-state index in [2.05, 4.69) is 5.32 Å². The summed E-state index contributed by atoms with van der Waals surface area (Å²) in [5.74, 6) is -1.06. The number of carbonyl (C=O) groups is 2. The molecule has 1 heterocycles. The molecule has 0 radical (unpaired) electrons. The van der Waals surface area contributed by atoms with Gasteiger partial charge in [-0.15, -0.1) is 0 Å². The molecule has 2 rings (SSSR count). The van der Waals surface area contributed by atoms with Crippen LogP contribution in [0.4, 0.5) is 0 Å². The number of carboxylic acids is 1. The molecule has 5 heteroatoms. The Kier molecular flexibility index (Phi) is 4.54. The number of hydrogen-bond acceptors (Lipinski definition) is 3. The molecule has 2 N–H and O–H groups in total. The number of fused-ring (bicyclic) bond motifs is 1. The molecule has 118 valence electrons. The van der Waals surface area contributed by atoms with Crippen LogP contribution in [0.15, 0.2) is 34.7 Å². The molecule has 0 saturated heterocycles. The van der Waals surface area contributed by atoms with E-state index in [0.717, 1.165) is 11.0 Å². The molecule has 0 spiro atoms. The second-order valence-corrected chi connectivity index (χ2v) is 5.88. The molecule has 22 heavy (non-hydrogen) atoms. The molecule has 2 aromatic rings. The zero-order chi connectivity index (χ0) is 16.3. The van der Waals surface area contributed by atoms with Gasteiger partial charge in [0.2, 0.25) is 5.91 Å². The molecular formula is C17H21NO4. The minimum atomic E-state index is -0.930. The highest BCUT2D eigenvalue weighted by Crippen LogP contribution is 2.26. The van der Waals surface area contributed by atoms with E-state index in [1.54, 1.807) is 13.8 Å². The summed E-state index contributed by atoms with van der Waals surface area (Å²) in [7, 11) is 0. The van der Waals surface area contributed by atoms with Crippen LogP contribution in [0, 0.1) is 0 Å². The number of rotatable bonds is 6. The van der Waals surface area contributed by atoms with Crippen molar-refractivity contribution in [3.8, 4) is 0 Å². The van der Waals surface area contributed by atoms with Crippen molar-refractivity contribution in [2.24, 2.45) is 0 Å². The summed E-state index contributed by atoms with van der Waals surface area (Å²) >= 11 is 0. The van der Waals surface area contributed by atoms with Gasteiger partial charge in [0.25, 0.3) is 0 Å². The predicted molar refractivity (Wildman–Crippen MR) is 83.7 cm³/mol. The van der Waals surface area contributed by atoms with Gasteiger partial charge in [0, 0.05) is 10.9 Å². The number of carboxylic acid groups (broad SMARTS) is 1. The number of amides is 1. The second kappa shape index (κ2) is 6.22. The highest BCUT2D eigenvalue weighted by Gasteiger charge is 2.30. The average Bonchev–Trinajstić information content (AvgIpc) is 2.89. The summed E-state index contributed by atoms with van der Waals surface area (Å²) in [4.78, 5) is 23.4. The smallest absolute Gasteiger partial charge is 0.305 e. The lowest BCUT2D eigenvalue weighted by atomic mass is 9.93. The predicted octanol–water partition coefficient (Wildman–Crippen LogP) is 3.30. The van der Waals surface area contributed by atoms with Gasteiger partial charge in [0.05, 0.1) is 12.3 Å². The largest absolute Gasteiger partial charge is 0.481 e. The maximum absolute atomic E-state index is 12.4. The van der Waals surface area contributed by atoms with E-state index < -0.39 is 17.4 Å². The van der Waals surface area contributed by atoms with Crippen LogP contribution in [0.25, 0.3) is 11.0 Å². The van der Waals surface area contributed by atoms with Gasteiger partial charge in [-0.3, -0.25) is 9.59 Å². The first-order chi connectivity index (χ1) is 10.3. The molecule has 0 unspecified atom stereocenters. The Hall–Kier alpha value is -2.30. The summed E-state index contributed by atoms with van der Waals surface area (Å²) in [5, 5.41) is 12.8. The molecule has 1 aromatic heterocycles. The molecule has 0 fully saturated rings. The Morgan fingerprint density at radius 3 is 2.64 bits per heavy atom. The standard InChI is InChI=1S/C17H21NO4/c1-4-17(3,10-15(19)20)18-16(21)11(2)14-9-12-7-5-6-8-13(12)22-14/h5-9,11H,4,10H2,1-3H3,(H,18,21)(H,19,20)/t11-,17-/m1/s1. The maximum Gasteiger partial charge on any atom is 0.305 e. The zero-order valence-corrected chi connectivity index (χ0v) is 13.1. The van der Waals surface area contributed by atoms with Crippen LogP contribution < -0.4 is 5.32 Å². The van der Waals surface area contributed by atoms with Crippen molar-refractivity contribution in [3.05, 3.63) is 36.1 Å². The van der Waals surface area contributed by atoms with Crippen LogP contribution in [0.5, 0.6) is 0 Å². The minimum Gasteiger partial charge on any atom is -0.481 e.